The lowest BCUT2D eigenvalue weighted by molar-refractivity contribution is -0.149. The van der Waals surface area contributed by atoms with Gasteiger partial charge in [-0.1, -0.05) is 19.2 Å². The predicted octanol–water partition coefficient (Wildman–Crippen LogP) is -1.49. The van der Waals surface area contributed by atoms with Gasteiger partial charge in [-0.3, -0.25) is 44.1 Å². The van der Waals surface area contributed by atoms with Gasteiger partial charge in [0.25, 0.3) is 11.5 Å². The van der Waals surface area contributed by atoms with Crippen LogP contribution in [0.25, 0.3) is 11.2 Å². The molecule has 0 radical (unpaired) electrons. The van der Waals surface area contributed by atoms with E-state index >= 15 is 0 Å². The molecule has 3 aliphatic heterocycles. The van der Waals surface area contributed by atoms with Crippen molar-refractivity contribution in [3.8, 4) is 0 Å². The Morgan fingerprint density at radius 1 is 1.10 bits per heavy atom. The number of fused-ring (bicyclic) bond motifs is 1. The van der Waals surface area contributed by atoms with E-state index in [0.717, 1.165) is 11.8 Å². The van der Waals surface area contributed by atoms with E-state index in [-0.39, 0.29) is 74.1 Å². The third-order valence-corrected chi connectivity index (χ3v) is 10.1. The maximum absolute atomic E-state index is 13.2. The lowest BCUT2D eigenvalue weighted by atomic mass is 10.1. The van der Waals surface area contributed by atoms with Crippen LogP contribution in [0.5, 0.6) is 0 Å². The van der Waals surface area contributed by atoms with E-state index in [2.05, 4.69) is 41.2 Å². The third kappa shape index (κ3) is 7.09. The molecular formula is C31H37N11O9S. The minimum Gasteiger partial charge on any atom is -0.480 e. The number of amides is 3. The molecular weight excluding hydrogens is 702 g/mol. The SMILES string of the molecule is C.CC1C(=O)N2C(C(=O)O)CSC23NC(CNCC(=O)CCC(NC(=O)c2ccc(NCc4cnc5nc(N)[nH]c(=O)c5n4)cc2)C(=O)O)C(=O)N13. The molecule has 0 saturated carbocycles. The van der Waals surface area contributed by atoms with Gasteiger partial charge in [-0.25, -0.2) is 19.6 Å². The summed E-state index contributed by atoms with van der Waals surface area (Å²) in [5.74, 6) is -4.34. The number of Topliss-reactive ketones (excluding diaryl/α,β-unsaturated/α-hetero) is 1. The molecule has 5 unspecified atom stereocenters. The van der Waals surface area contributed by atoms with Crippen LogP contribution in [-0.4, -0.2) is 124 Å². The van der Waals surface area contributed by atoms with Crippen LogP contribution < -0.4 is 32.6 Å². The van der Waals surface area contributed by atoms with Crippen molar-refractivity contribution in [2.24, 2.45) is 0 Å². The van der Waals surface area contributed by atoms with Crippen LogP contribution in [0.1, 0.15) is 43.2 Å². The number of aliphatic carboxylic acids is 2. The third-order valence-electron chi connectivity index (χ3n) is 8.66. The van der Waals surface area contributed by atoms with E-state index in [1.165, 1.54) is 35.1 Å². The van der Waals surface area contributed by atoms with Gasteiger partial charge < -0.3 is 31.9 Å². The van der Waals surface area contributed by atoms with Gasteiger partial charge in [-0.2, -0.15) is 4.98 Å². The van der Waals surface area contributed by atoms with Crippen LogP contribution >= 0.6 is 11.8 Å². The van der Waals surface area contributed by atoms with Gasteiger partial charge in [0.1, 0.15) is 30.0 Å². The number of hydrogen-bond acceptors (Lipinski definition) is 15. The molecule has 20 nitrogen and oxygen atoms in total. The van der Waals surface area contributed by atoms with Gasteiger partial charge in [0.05, 0.1) is 25.0 Å². The number of nitrogens with one attached hydrogen (secondary N) is 5. The highest BCUT2D eigenvalue weighted by Gasteiger charge is 2.69. The van der Waals surface area contributed by atoms with Crippen molar-refractivity contribution in [3.63, 3.8) is 0 Å². The second-order valence-electron chi connectivity index (χ2n) is 12.1. The number of carboxylic acid groups (broad SMARTS) is 2. The molecule has 21 heteroatoms. The van der Waals surface area contributed by atoms with E-state index in [0.29, 0.717) is 11.4 Å². The smallest absolute Gasteiger partial charge is 0.327 e. The summed E-state index contributed by atoms with van der Waals surface area (Å²) in [6.45, 7) is 1.54. The number of nitrogens with zero attached hydrogens (tertiary/aromatic N) is 5. The number of hydrogen-bond donors (Lipinski definition) is 8. The van der Waals surface area contributed by atoms with Crippen molar-refractivity contribution in [2.45, 2.75) is 63.0 Å². The quantitative estimate of drug-likeness (QED) is 0.0934. The summed E-state index contributed by atoms with van der Waals surface area (Å²) in [7, 11) is 0. The molecule has 1 spiro atoms. The van der Waals surface area contributed by atoms with Crippen LogP contribution in [0.4, 0.5) is 11.6 Å². The Morgan fingerprint density at radius 2 is 1.83 bits per heavy atom. The summed E-state index contributed by atoms with van der Waals surface area (Å²) < 4.78 is 0. The molecule has 3 fully saturated rings. The average Bonchev–Trinajstić information content (AvgIpc) is 3.67. The fraction of sp³-hybridized carbons (Fsp3) is 0.419. The highest BCUT2D eigenvalue weighted by Crippen LogP contribution is 2.49. The van der Waals surface area contributed by atoms with Crippen LogP contribution in [0, 0.1) is 0 Å². The maximum atomic E-state index is 13.2. The highest BCUT2D eigenvalue weighted by atomic mass is 32.2. The van der Waals surface area contributed by atoms with Gasteiger partial charge in [0, 0.05) is 30.0 Å². The van der Waals surface area contributed by atoms with E-state index in [9.17, 15) is 43.8 Å². The number of carbonyl (C=O) groups is 6. The molecule has 0 bridgehead atoms. The second kappa shape index (κ2) is 14.9. The first-order valence-electron chi connectivity index (χ1n) is 15.7. The molecule has 6 rings (SSSR count). The summed E-state index contributed by atoms with van der Waals surface area (Å²) >= 11 is 1.15. The Bertz CT molecular complexity index is 1990. The number of nitrogens with two attached hydrogens (primary N) is 1. The number of benzene rings is 1. The zero-order valence-electron chi connectivity index (χ0n) is 26.9. The lowest BCUT2D eigenvalue weighted by Crippen LogP contribution is -2.57. The summed E-state index contributed by atoms with van der Waals surface area (Å²) in [6.07, 6.45) is 1.08. The molecule has 0 aliphatic carbocycles. The van der Waals surface area contributed by atoms with Gasteiger partial charge >= 0.3 is 11.9 Å². The lowest BCUT2D eigenvalue weighted by Gasteiger charge is -2.33. The van der Waals surface area contributed by atoms with Crippen LogP contribution in [0.3, 0.4) is 0 Å². The zero-order valence-corrected chi connectivity index (χ0v) is 27.7. The Morgan fingerprint density at radius 3 is 2.52 bits per heavy atom. The standard InChI is InChI=1S/C30H33N11O9S.CH4/c1-13-25(45)41-20(28(49)50)12-51-30(41)39-19(26(46)40(13)30)11-32-10-17(42)6-7-18(27(47)48)36-23(43)14-2-4-15(5-3-14)33-8-16-9-34-22-21(35-16)24(44)38-29(31)37-22;/h2-5,9,13,18-20,32-33,39H,6-8,10-12H2,1H3,(H,36,43)(H,47,48)(H,49,50)(H3,31,34,37,38,44);1H4. The number of carbonyl (C=O) groups excluding carboxylic acids is 4. The van der Waals surface area contributed by atoms with E-state index in [1.54, 1.807) is 12.1 Å². The van der Waals surface area contributed by atoms with E-state index < -0.39 is 64.5 Å². The molecule has 3 saturated heterocycles. The normalized spacial score (nSPS) is 22.4. The monoisotopic (exact) mass is 739 g/mol. The van der Waals surface area contributed by atoms with Crippen molar-refractivity contribution in [3.05, 3.63) is 52.1 Å². The first-order valence-corrected chi connectivity index (χ1v) is 16.7. The van der Waals surface area contributed by atoms with Gasteiger partial charge in [-0.05, 0) is 37.6 Å². The molecule has 3 aliphatic rings. The summed E-state index contributed by atoms with van der Waals surface area (Å²) in [6, 6.07) is 2.05. The number of anilines is 2. The number of aromatic nitrogens is 4. The van der Waals surface area contributed by atoms with E-state index in [1.807, 2.05) is 0 Å². The fourth-order valence-electron chi connectivity index (χ4n) is 6.15. The topological polar surface area (TPSA) is 295 Å². The molecule has 9 N–H and O–H groups in total. The number of ketones is 1. The second-order valence-corrected chi connectivity index (χ2v) is 13.2. The Balaban J connectivity index is 0.00000523. The number of nitrogen functional groups attached to an aromatic ring is 1. The van der Waals surface area contributed by atoms with Crippen molar-refractivity contribution >= 4 is 70.0 Å². The van der Waals surface area contributed by atoms with Crippen molar-refractivity contribution < 1.29 is 39.0 Å². The van der Waals surface area contributed by atoms with Crippen molar-refractivity contribution in [1.29, 1.82) is 0 Å². The van der Waals surface area contributed by atoms with Crippen LogP contribution in [0.15, 0.2) is 35.3 Å². The number of aromatic amines is 1. The van der Waals surface area contributed by atoms with Gasteiger partial charge in [0.2, 0.25) is 22.9 Å². The molecule has 5 heterocycles. The fourth-order valence-corrected chi connectivity index (χ4v) is 7.80. The summed E-state index contributed by atoms with van der Waals surface area (Å²) in [5.41, 5.74) is 6.38. The highest BCUT2D eigenvalue weighted by molar-refractivity contribution is 8.00. The Hall–Kier alpha value is -5.67. The minimum atomic E-state index is -1.35. The number of rotatable bonds is 14. The van der Waals surface area contributed by atoms with Gasteiger partial charge in [-0.15, -0.1) is 0 Å². The van der Waals surface area contributed by atoms with Crippen LogP contribution in [0.2, 0.25) is 0 Å². The maximum Gasteiger partial charge on any atom is 0.327 e. The summed E-state index contributed by atoms with van der Waals surface area (Å²) in [5, 5.41) is 29.4. The molecule has 1 aromatic carbocycles. The molecule has 3 aromatic rings. The number of thioether (sulfide) groups is 1. The predicted molar refractivity (Wildman–Crippen MR) is 186 cm³/mol. The first kappa shape index (κ1) is 37.6. The van der Waals surface area contributed by atoms with Crippen LogP contribution in [-0.2, 0) is 30.5 Å². The summed E-state index contributed by atoms with van der Waals surface area (Å²) in [4.78, 5) is 104. The molecule has 3 amide bonds. The minimum absolute atomic E-state index is 0. The number of H-pyrrole nitrogens is 1. The molecule has 5 atom stereocenters. The van der Waals surface area contributed by atoms with Crippen molar-refractivity contribution in [2.75, 3.05) is 29.9 Å². The van der Waals surface area contributed by atoms with E-state index in [4.69, 9.17) is 5.73 Å². The largest absolute Gasteiger partial charge is 0.480 e. The first-order chi connectivity index (χ1) is 24.3. The Labute approximate surface area is 299 Å². The van der Waals surface area contributed by atoms with Crippen molar-refractivity contribution in [1.82, 2.24) is 45.7 Å². The molecule has 52 heavy (non-hydrogen) atoms. The molecule has 2 aromatic heterocycles. The molecule has 276 valence electrons. The number of carboxylic acids is 2. The average molecular weight is 740 g/mol. The van der Waals surface area contributed by atoms with Gasteiger partial charge in [0.15, 0.2) is 11.2 Å². The Kier molecular flexibility index (Phi) is 10.8. The zero-order chi connectivity index (χ0) is 36.6.